The highest BCUT2D eigenvalue weighted by Crippen LogP contribution is 2.39. The van der Waals surface area contributed by atoms with Crippen LogP contribution in [0.5, 0.6) is 0 Å². The van der Waals surface area contributed by atoms with Crippen LogP contribution in [0.2, 0.25) is 0 Å². The average Bonchev–Trinajstić information content (AvgIpc) is 3.29. The van der Waals surface area contributed by atoms with E-state index in [-0.39, 0.29) is 12.1 Å². The number of aromatic nitrogens is 6. The van der Waals surface area contributed by atoms with Crippen LogP contribution < -0.4 is 5.56 Å². The molecular weight excluding hydrogens is 446 g/mol. The highest BCUT2D eigenvalue weighted by molar-refractivity contribution is 7.98. The molecule has 172 valence electrons. The lowest BCUT2D eigenvalue weighted by atomic mass is 9.85. The Kier molecular flexibility index (Phi) is 6.41. The average molecular weight is 472 g/mol. The SMILES string of the molecule is C[C@@H]1CCCC[C@H]1n1c(SCc2nc3ccccc3c(=O)n2CC#N)nnc1-c1cccnc1. The molecule has 0 saturated heterocycles. The fourth-order valence-corrected chi connectivity index (χ4v) is 5.67. The van der Waals surface area contributed by atoms with E-state index in [0.717, 1.165) is 23.0 Å². The first-order chi connectivity index (χ1) is 16.7. The maximum atomic E-state index is 13.0. The van der Waals surface area contributed by atoms with E-state index in [1.807, 2.05) is 36.5 Å². The summed E-state index contributed by atoms with van der Waals surface area (Å²) in [7, 11) is 0. The van der Waals surface area contributed by atoms with Gasteiger partial charge in [-0.2, -0.15) is 5.26 Å². The van der Waals surface area contributed by atoms with Crippen LogP contribution in [-0.4, -0.2) is 29.3 Å². The van der Waals surface area contributed by atoms with Crippen molar-refractivity contribution in [2.75, 3.05) is 0 Å². The lowest BCUT2D eigenvalue weighted by Gasteiger charge is -2.31. The number of hydrogen-bond acceptors (Lipinski definition) is 7. The van der Waals surface area contributed by atoms with Crippen LogP contribution in [0.1, 0.15) is 44.5 Å². The molecular formula is C25H25N7OS. The van der Waals surface area contributed by atoms with Gasteiger partial charge < -0.3 is 0 Å². The van der Waals surface area contributed by atoms with Crippen LogP contribution in [-0.2, 0) is 12.3 Å². The van der Waals surface area contributed by atoms with E-state index in [9.17, 15) is 10.1 Å². The third kappa shape index (κ3) is 4.21. The molecule has 0 N–H and O–H groups in total. The van der Waals surface area contributed by atoms with E-state index in [1.165, 1.54) is 35.6 Å². The molecule has 9 heteroatoms. The normalized spacial score (nSPS) is 18.1. The molecule has 1 fully saturated rings. The molecule has 0 unspecified atom stereocenters. The van der Waals surface area contributed by atoms with Crippen LogP contribution in [0, 0.1) is 17.2 Å². The van der Waals surface area contributed by atoms with Crippen molar-refractivity contribution in [1.82, 2.24) is 29.3 Å². The Morgan fingerprint density at radius 2 is 2.00 bits per heavy atom. The van der Waals surface area contributed by atoms with E-state index < -0.39 is 0 Å². The van der Waals surface area contributed by atoms with Gasteiger partial charge in [0.05, 0.1) is 22.7 Å². The molecule has 0 amide bonds. The molecule has 1 aromatic carbocycles. The number of nitriles is 1. The molecule has 1 aliphatic carbocycles. The van der Waals surface area contributed by atoms with Gasteiger partial charge in [0, 0.05) is 24.0 Å². The standard InChI is InChI=1S/C25H25N7OS/c1-17-7-2-5-11-21(17)32-23(18-8-6-13-27-15-18)29-30-25(32)34-16-22-28-20-10-4-3-9-19(20)24(33)31(22)14-12-26/h3-4,6,8-10,13,15,17,21H,2,5,7,11,14,16H2,1H3/t17-,21-/m1/s1. The molecule has 2 atom stereocenters. The van der Waals surface area contributed by atoms with Gasteiger partial charge in [-0.15, -0.1) is 10.2 Å². The van der Waals surface area contributed by atoms with Crippen LogP contribution in [0.25, 0.3) is 22.3 Å². The van der Waals surface area contributed by atoms with E-state index in [4.69, 9.17) is 4.98 Å². The zero-order valence-corrected chi connectivity index (χ0v) is 19.8. The van der Waals surface area contributed by atoms with Gasteiger partial charge in [0.25, 0.3) is 5.56 Å². The third-order valence-corrected chi connectivity index (χ3v) is 7.42. The number of fused-ring (bicyclic) bond motifs is 1. The van der Waals surface area contributed by atoms with E-state index in [0.29, 0.717) is 34.4 Å². The molecule has 8 nitrogen and oxygen atoms in total. The summed E-state index contributed by atoms with van der Waals surface area (Å²) in [5.41, 5.74) is 1.38. The molecule has 3 aromatic heterocycles. The van der Waals surface area contributed by atoms with E-state index in [1.54, 1.807) is 12.3 Å². The van der Waals surface area contributed by atoms with Crippen LogP contribution in [0.4, 0.5) is 0 Å². The minimum atomic E-state index is -0.193. The Labute approximate surface area is 201 Å². The second-order valence-corrected chi connectivity index (χ2v) is 9.57. The van der Waals surface area contributed by atoms with Crippen molar-refractivity contribution in [3.63, 3.8) is 0 Å². The van der Waals surface area contributed by atoms with Crippen LogP contribution >= 0.6 is 11.8 Å². The van der Waals surface area contributed by atoms with Crippen LogP contribution in [0.15, 0.2) is 58.7 Å². The summed E-state index contributed by atoms with van der Waals surface area (Å²) in [5.74, 6) is 2.29. The Hall–Kier alpha value is -3.51. The predicted molar refractivity (Wildman–Crippen MR) is 131 cm³/mol. The molecule has 0 radical (unpaired) electrons. The Bertz CT molecular complexity index is 1410. The maximum absolute atomic E-state index is 13.0. The predicted octanol–water partition coefficient (Wildman–Crippen LogP) is 4.62. The molecule has 0 bridgehead atoms. The zero-order chi connectivity index (χ0) is 23.5. The van der Waals surface area contributed by atoms with Gasteiger partial charge in [0.15, 0.2) is 11.0 Å². The topological polar surface area (TPSA) is 102 Å². The van der Waals surface area contributed by atoms with E-state index in [2.05, 4.69) is 32.7 Å². The number of nitrogens with zero attached hydrogens (tertiary/aromatic N) is 7. The second-order valence-electron chi connectivity index (χ2n) is 8.63. The summed E-state index contributed by atoms with van der Waals surface area (Å²) in [6.45, 7) is 2.25. The van der Waals surface area contributed by atoms with Crippen molar-refractivity contribution in [2.45, 2.75) is 56.1 Å². The quantitative estimate of drug-likeness (QED) is 0.378. The van der Waals surface area contributed by atoms with Crippen molar-refractivity contribution in [2.24, 2.45) is 5.92 Å². The van der Waals surface area contributed by atoms with Gasteiger partial charge in [-0.1, -0.05) is 43.7 Å². The molecule has 4 aromatic rings. The molecule has 5 rings (SSSR count). The van der Waals surface area contributed by atoms with Crippen molar-refractivity contribution in [3.05, 3.63) is 65.0 Å². The summed E-state index contributed by atoms with van der Waals surface area (Å²) in [5, 5.41) is 19.7. The number of benzene rings is 1. The minimum absolute atomic E-state index is 0.0418. The molecule has 0 spiro atoms. The number of rotatable bonds is 6. The highest BCUT2D eigenvalue weighted by Gasteiger charge is 2.29. The fraction of sp³-hybridized carbons (Fsp3) is 0.360. The number of para-hydroxylation sites is 1. The summed E-state index contributed by atoms with van der Waals surface area (Å²) in [4.78, 5) is 22.0. The third-order valence-electron chi connectivity index (χ3n) is 6.48. The van der Waals surface area contributed by atoms with Gasteiger partial charge in [-0.25, -0.2) is 4.98 Å². The summed E-state index contributed by atoms with van der Waals surface area (Å²) >= 11 is 1.51. The first-order valence-corrected chi connectivity index (χ1v) is 12.5. The summed E-state index contributed by atoms with van der Waals surface area (Å²) in [6.07, 6.45) is 8.24. The fourth-order valence-electron chi connectivity index (χ4n) is 4.73. The Morgan fingerprint density at radius 3 is 2.79 bits per heavy atom. The van der Waals surface area contributed by atoms with Gasteiger partial charge in [0.1, 0.15) is 12.4 Å². The van der Waals surface area contributed by atoms with E-state index >= 15 is 0 Å². The summed E-state index contributed by atoms with van der Waals surface area (Å²) < 4.78 is 3.71. The van der Waals surface area contributed by atoms with Gasteiger partial charge in [-0.3, -0.25) is 18.9 Å². The smallest absolute Gasteiger partial charge is 0.262 e. The minimum Gasteiger partial charge on any atom is -0.299 e. The van der Waals surface area contributed by atoms with Gasteiger partial charge in [-0.05, 0) is 43.0 Å². The van der Waals surface area contributed by atoms with Crippen molar-refractivity contribution in [3.8, 4) is 17.5 Å². The molecule has 34 heavy (non-hydrogen) atoms. The van der Waals surface area contributed by atoms with Crippen molar-refractivity contribution in [1.29, 1.82) is 5.26 Å². The Morgan fingerprint density at radius 1 is 1.15 bits per heavy atom. The molecule has 3 heterocycles. The molecule has 1 saturated carbocycles. The highest BCUT2D eigenvalue weighted by atomic mass is 32.2. The van der Waals surface area contributed by atoms with Crippen molar-refractivity contribution >= 4 is 22.7 Å². The Balaban J connectivity index is 1.54. The number of thioether (sulfide) groups is 1. The monoisotopic (exact) mass is 471 g/mol. The largest absolute Gasteiger partial charge is 0.299 e. The van der Waals surface area contributed by atoms with Crippen LogP contribution in [0.3, 0.4) is 0 Å². The zero-order valence-electron chi connectivity index (χ0n) is 19.0. The lowest BCUT2D eigenvalue weighted by Crippen LogP contribution is -2.25. The van der Waals surface area contributed by atoms with Gasteiger partial charge in [0.2, 0.25) is 0 Å². The van der Waals surface area contributed by atoms with Gasteiger partial charge >= 0.3 is 0 Å². The molecule has 1 aliphatic rings. The summed E-state index contributed by atoms with van der Waals surface area (Å²) in [6, 6.07) is 13.6. The number of pyridine rings is 1. The first-order valence-electron chi connectivity index (χ1n) is 11.5. The molecule has 0 aliphatic heterocycles. The maximum Gasteiger partial charge on any atom is 0.262 e. The number of hydrogen-bond donors (Lipinski definition) is 0. The van der Waals surface area contributed by atoms with Crippen molar-refractivity contribution < 1.29 is 0 Å². The lowest BCUT2D eigenvalue weighted by molar-refractivity contribution is 0.247. The first kappa shape index (κ1) is 22.3. The second kappa shape index (κ2) is 9.77.